The molecule has 1 aromatic rings. The van der Waals surface area contributed by atoms with Gasteiger partial charge in [-0.3, -0.25) is 9.59 Å². The Morgan fingerprint density at radius 1 is 1.48 bits per heavy atom. The van der Waals surface area contributed by atoms with Gasteiger partial charge in [-0.1, -0.05) is 15.9 Å². The first-order chi connectivity index (χ1) is 10.1. The van der Waals surface area contributed by atoms with Gasteiger partial charge in [0.25, 0.3) is 5.91 Å². The van der Waals surface area contributed by atoms with E-state index in [1.165, 1.54) is 7.11 Å². The Balaban J connectivity index is 1.80. The summed E-state index contributed by atoms with van der Waals surface area (Å²) in [5.74, 6) is 0.597. The van der Waals surface area contributed by atoms with Crippen LogP contribution in [0.3, 0.4) is 0 Å². The van der Waals surface area contributed by atoms with Crippen molar-refractivity contribution in [3.8, 4) is 5.75 Å². The molecule has 0 saturated carbocycles. The van der Waals surface area contributed by atoms with Crippen molar-refractivity contribution in [3.63, 3.8) is 0 Å². The SMILES string of the molecule is COc1cc(Br)ccc1C(=O)NCCCN1CCCC1=O. The minimum absolute atomic E-state index is 0.160. The van der Waals surface area contributed by atoms with Crippen molar-refractivity contribution in [3.05, 3.63) is 28.2 Å². The third-order valence-electron chi connectivity index (χ3n) is 3.47. The van der Waals surface area contributed by atoms with E-state index in [9.17, 15) is 9.59 Å². The smallest absolute Gasteiger partial charge is 0.255 e. The molecule has 0 spiro atoms. The number of amides is 2. The van der Waals surface area contributed by atoms with Crippen LogP contribution in [0.1, 0.15) is 29.6 Å². The van der Waals surface area contributed by atoms with Gasteiger partial charge in [-0.05, 0) is 31.0 Å². The van der Waals surface area contributed by atoms with E-state index in [4.69, 9.17) is 4.74 Å². The zero-order valence-electron chi connectivity index (χ0n) is 12.0. The van der Waals surface area contributed by atoms with Gasteiger partial charge < -0.3 is 15.0 Å². The molecule has 0 unspecified atom stereocenters. The van der Waals surface area contributed by atoms with Crippen LogP contribution in [0.4, 0.5) is 0 Å². The van der Waals surface area contributed by atoms with Crippen molar-refractivity contribution in [2.45, 2.75) is 19.3 Å². The molecule has 1 aromatic carbocycles. The highest BCUT2D eigenvalue weighted by atomic mass is 79.9. The Morgan fingerprint density at radius 2 is 2.29 bits per heavy atom. The molecule has 2 rings (SSSR count). The molecule has 114 valence electrons. The number of carbonyl (C=O) groups is 2. The van der Waals surface area contributed by atoms with Crippen LogP contribution in [0.2, 0.25) is 0 Å². The van der Waals surface area contributed by atoms with E-state index in [2.05, 4.69) is 21.2 Å². The number of benzene rings is 1. The van der Waals surface area contributed by atoms with E-state index in [1.807, 2.05) is 4.90 Å². The number of ether oxygens (including phenoxy) is 1. The molecule has 6 heteroatoms. The maximum Gasteiger partial charge on any atom is 0.255 e. The highest BCUT2D eigenvalue weighted by molar-refractivity contribution is 9.10. The van der Waals surface area contributed by atoms with Crippen LogP contribution in [0.25, 0.3) is 0 Å². The average molecular weight is 355 g/mol. The predicted molar refractivity (Wildman–Crippen MR) is 83.5 cm³/mol. The van der Waals surface area contributed by atoms with Crippen molar-refractivity contribution in [2.75, 3.05) is 26.7 Å². The molecule has 1 heterocycles. The number of halogens is 1. The van der Waals surface area contributed by atoms with Gasteiger partial charge in [-0.25, -0.2) is 0 Å². The minimum atomic E-state index is -0.160. The molecule has 21 heavy (non-hydrogen) atoms. The summed E-state index contributed by atoms with van der Waals surface area (Å²) in [6.45, 7) is 2.09. The van der Waals surface area contributed by atoms with Crippen LogP contribution in [-0.4, -0.2) is 43.5 Å². The second kappa shape index (κ2) is 7.45. The van der Waals surface area contributed by atoms with Crippen molar-refractivity contribution in [1.82, 2.24) is 10.2 Å². The zero-order valence-corrected chi connectivity index (χ0v) is 13.6. The Morgan fingerprint density at radius 3 is 2.95 bits per heavy atom. The quantitative estimate of drug-likeness (QED) is 0.796. The standard InChI is InChI=1S/C15H19BrN2O3/c1-21-13-10-11(16)5-6-12(13)15(20)17-7-3-9-18-8-2-4-14(18)19/h5-6,10H,2-4,7-9H2,1H3,(H,17,20). The fourth-order valence-corrected chi connectivity index (χ4v) is 2.70. The number of rotatable bonds is 6. The molecule has 0 aliphatic carbocycles. The number of methoxy groups -OCH3 is 1. The maximum atomic E-state index is 12.1. The van der Waals surface area contributed by atoms with Gasteiger partial charge in [-0.2, -0.15) is 0 Å². The normalized spacial score (nSPS) is 14.4. The third-order valence-corrected chi connectivity index (χ3v) is 3.96. The van der Waals surface area contributed by atoms with Gasteiger partial charge in [0.1, 0.15) is 5.75 Å². The summed E-state index contributed by atoms with van der Waals surface area (Å²) in [5, 5.41) is 2.86. The number of nitrogens with zero attached hydrogens (tertiary/aromatic N) is 1. The Labute approximate surface area is 132 Å². The van der Waals surface area contributed by atoms with Crippen LogP contribution in [0.5, 0.6) is 5.75 Å². The lowest BCUT2D eigenvalue weighted by molar-refractivity contribution is -0.127. The summed E-state index contributed by atoms with van der Waals surface area (Å²) in [5.41, 5.74) is 0.512. The number of hydrogen-bond acceptors (Lipinski definition) is 3. The van der Waals surface area contributed by atoms with E-state index < -0.39 is 0 Å². The monoisotopic (exact) mass is 354 g/mol. The topological polar surface area (TPSA) is 58.6 Å². The van der Waals surface area contributed by atoms with E-state index in [0.717, 1.165) is 23.9 Å². The predicted octanol–water partition coefficient (Wildman–Crippen LogP) is 2.20. The van der Waals surface area contributed by atoms with Gasteiger partial charge in [0.2, 0.25) is 5.91 Å². The van der Waals surface area contributed by atoms with Crippen molar-refractivity contribution < 1.29 is 14.3 Å². The molecule has 0 atom stereocenters. The molecule has 1 saturated heterocycles. The molecule has 1 aliphatic rings. The summed E-state index contributed by atoms with van der Waals surface area (Å²) < 4.78 is 6.07. The second-order valence-corrected chi connectivity index (χ2v) is 5.85. The van der Waals surface area contributed by atoms with Crippen LogP contribution in [-0.2, 0) is 4.79 Å². The first-order valence-electron chi connectivity index (χ1n) is 7.01. The van der Waals surface area contributed by atoms with E-state index >= 15 is 0 Å². The molecule has 2 amide bonds. The van der Waals surface area contributed by atoms with Crippen LogP contribution < -0.4 is 10.1 Å². The van der Waals surface area contributed by atoms with Gasteiger partial charge in [-0.15, -0.1) is 0 Å². The fourth-order valence-electron chi connectivity index (χ4n) is 2.36. The van der Waals surface area contributed by atoms with E-state index in [1.54, 1.807) is 18.2 Å². The van der Waals surface area contributed by atoms with E-state index in [-0.39, 0.29) is 11.8 Å². The van der Waals surface area contributed by atoms with Crippen molar-refractivity contribution >= 4 is 27.7 Å². The molecule has 5 nitrogen and oxygen atoms in total. The fraction of sp³-hybridized carbons (Fsp3) is 0.467. The van der Waals surface area contributed by atoms with Crippen LogP contribution in [0, 0.1) is 0 Å². The lowest BCUT2D eigenvalue weighted by Crippen LogP contribution is -2.30. The summed E-state index contributed by atoms with van der Waals surface area (Å²) in [6.07, 6.45) is 2.36. The minimum Gasteiger partial charge on any atom is -0.496 e. The van der Waals surface area contributed by atoms with Gasteiger partial charge in [0.05, 0.1) is 12.7 Å². The third kappa shape index (κ3) is 4.20. The molecule has 1 N–H and O–H groups in total. The van der Waals surface area contributed by atoms with E-state index in [0.29, 0.717) is 30.8 Å². The highest BCUT2D eigenvalue weighted by Crippen LogP contribution is 2.23. The number of likely N-dealkylation sites (tertiary alicyclic amines) is 1. The molecule has 0 bridgehead atoms. The molecule has 1 aliphatic heterocycles. The molecule has 0 radical (unpaired) electrons. The van der Waals surface area contributed by atoms with Crippen LogP contribution in [0.15, 0.2) is 22.7 Å². The largest absolute Gasteiger partial charge is 0.496 e. The molecular weight excluding hydrogens is 336 g/mol. The average Bonchev–Trinajstić information content (AvgIpc) is 2.88. The number of carbonyl (C=O) groups excluding carboxylic acids is 2. The summed E-state index contributed by atoms with van der Waals surface area (Å²) in [7, 11) is 1.54. The zero-order chi connectivity index (χ0) is 15.2. The molecular formula is C15H19BrN2O3. The lowest BCUT2D eigenvalue weighted by atomic mass is 10.2. The molecule has 0 aromatic heterocycles. The highest BCUT2D eigenvalue weighted by Gasteiger charge is 2.19. The Bertz CT molecular complexity index is 534. The number of hydrogen-bond donors (Lipinski definition) is 1. The van der Waals surface area contributed by atoms with Crippen LogP contribution >= 0.6 is 15.9 Å². The second-order valence-electron chi connectivity index (χ2n) is 4.94. The first-order valence-corrected chi connectivity index (χ1v) is 7.80. The van der Waals surface area contributed by atoms with Gasteiger partial charge in [0.15, 0.2) is 0 Å². The summed E-state index contributed by atoms with van der Waals surface area (Å²) >= 11 is 3.34. The maximum absolute atomic E-state index is 12.1. The number of nitrogens with one attached hydrogen (secondary N) is 1. The van der Waals surface area contributed by atoms with Crippen molar-refractivity contribution in [1.29, 1.82) is 0 Å². The van der Waals surface area contributed by atoms with Gasteiger partial charge >= 0.3 is 0 Å². The first kappa shape index (κ1) is 15.8. The molecule has 1 fully saturated rings. The van der Waals surface area contributed by atoms with Crippen molar-refractivity contribution in [2.24, 2.45) is 0 Å². The Hall–Kier alpha value is -1.56. The Kier molecular flexibility index (Phi) is 5.61. The van der Waals surface area contributed by atoms with Gasteiger partial charge in [0, 0.05) is 30.5 Å². The summed E-state index contributed by atoms with van der Waals surface area (Å²) in [4.78, 5) is 25.4. The lowest BCUT2D eigenvalue weighted by Gasteiger charge is -2.15. The summed E-state index contributed by atoms with van der Waals surface area (Å²) in [6, 6.07) is 5.29.